The first-order valence-corrected chi connectivity index (χ1v) is 1.20. The Bertz CT molecular complexity index is 77.6. The average molecular weight is 87.1 g/mol. The molecule has 2 N–H and O–H groups in total. The number of rotatable bonds is 1. The van der Waals surface area contributed by atoms with Crippen LogP contribution < -0.4 is 5.73 Å². The van der Waals surface area contributed by atoms with Gasteiger partial charge in [-0.15, -0.1) is 0 Å². The Labute approximate surface area is 34.4 Å². The number of nitro groups is 1. The van der Waals surface area contributed by atoms with Gasteiger partial charge in [0.2, 0.25) is 0 Å². The molecular formula is C2H3N2O2. The summed E-state index contributed by atoms with van der Waals surface area (Å²) in [4.78, 5) is 8.53. The first-order chi connectivity index (χ1) is 2.77. The van der Waals surface area contributed by atoms with Gasteiger partial charge in [-0.25, -0.2) is 0 Å². The van der Waals surface area contributed by atoms with E-state index in [1.54, 1.807) is 6.20 Å². The summed E-state index contributed by atoms with van der Waals surface area (Å²) < 4.78 is 0. The fraction of sp³-hybridized carbons (Fsp3) is 0. The third kappa shape index (κ3) is 2.94. The van der Waals surface area contributed by atoms with E-state index in [0.717, 1.165) is 0 Å². The normalized spacial score (nSPS) is 9.33. The van der Waals surface area contributed by atoms with Gasteiger partial charge in [0.15, 0.2) is 0 Å². The highest BCUT2D eigenvalue weighted by atomic mass is 16.6. The van der Waals surface area contributed by atoms with E-state index >= 15 is 0 Å². The van der Waals surface area contributed by atoms with E-state index in [-0.39, 0.29) is 0 Å². The molecule has 1 radical (unpaired) electrons. The van der Waals surface area contributed by atoms with Crippen molar-refractivity contribution in [3.8, 4) is 0 Å². The standard InChI is InChI=1S/C2H3N2O2/c3-1-2-4(5)6/h2H,3H2. The van der Waals surface area contributed by atoms with Crippen molar-refractivity contribution in [1.29, 1.82) is 0 Å². The Morgan fingerprint density at radius 1 is 2.00 bits per heavy atom. The second-order valence-corrected chi connectivity index (χ2v) is 0.581. The summed E-state index contributed by atoms with van der Waals surface area (Å²) >= 11 is 0. The number of nitrogens with zero attached hydrogens (tertiary/aromatic N) is 1. The lowest BCUT2D eigenvalue weighted by Crippen LogP contribution is -1.86. The predicted octanol–water partition coefficient (Wildman–Crippen LogP) is -0.504. The third-order valence-electron chi connectivity index (χ3n) is 0.180. The van der Waals surface area contributed by atoms with Crippen LogP contribution in [0.25, 0.3) is 0 Å². The van der Waals surface area contributed by atoms with Crippen LogP contribution in [-0.2, 0) is 0 Å². The average Bonchev–Trinajstić information content (AvgIpc) is 1.35. The molecule has 4 nitrogen and oxygen atoms in total. The first kappa shape index (κ1) is 4.94. The zero-order chi connectivity index (χ0) is 4.99. The Morgan fingerprint density at radius 2 is 2.50 bits per heavy atom. The lowest BCUT2D eigenvalue weighted by molar-refractivity contribution is -0.403. The van der Waals surface area contributed by atoms with Crippen LogP contribution in [0.2, 0.25) is 0 Å². The minimum Gasteiger partial charge on any atom is -0.392 e. The van der Waals surface area contributed by atoms with Crippen molar-refractivity contribution < 1.29 is 4.92 Å². The molecule has 0 rings (SSSR count). The molecule has 33 valence electrons. The van der Waals surface area contributed by atoms with Crippen molar-refractivity contribution in [2.75, 3.05) is 0 Å². The first-order valence-electron chi connectivity index (χ1n) is 1.20. The van der Waals surface area contributed by atoms with Crippen LogP contribution in [-0.4, -0.2) is 4.92 Å². The molecule has 0 aliphatic heterocycles. The van der Waals surface area contributed by atoms with Crippen molar-refractivity contribution in [3.05, 3.63) is 22.5 Å². The fourth-order valence-corrected chi connectivity index (χ4v) is 0.0609. The molecule has 0 aromatic carbocycles. The van der Waals surface area contributed by atoms with Gasteiger partial charge in [0.05, 0.1) is 4.92 Å². The molecule has 0 heterocycles. The van der Waals surface area contributed by atoms with E-state index < -0.39 is 4.92 Å². The second-order valence-electron chi connectivity index (χ2n) is 0.581. The third-order valence-corrected chi connectivity index (χ3v) is 0.180. The quantitative estimate of drug-likeness (QED) is 0.266. The summed E-state index contributed by atoms with van der Waals surface area (Å²) in [6, 6.07) is 0. The van der Waals surface area contributed by atoms with Gasteiger partial charge in [-0.2, -0.15) is 0 Å². The Hall–Kier alpha value is -1.06. The fourth-order valence-electron chi connectivity index (χ4n) is 0.0609. The van der Waals surface area contributed by atoms with Crippen molar-refractivity contribution in [3.63, 3.8) is 0 Å². The molecule has 0 atom stereocenters. The van der Waals surface area contributed by atoms with Crippen LogP contribution in [0.15, 0.2) is 6.20 Å². The summed E-state index contributed by atoms with van der Waals surface area (Å²) in [7, 11) is 0. The Balaban J connectivity index is 3.30. The van der Waals surface area contributed by atoms with Gasteiger partial charge in [-0.3, -0.25) is 10.1 Å². The van der Waals surface area contributed by atoms with Crippen molar-refractivity contribution >= 4 is 0 Å². The lowest BCUT2D eigenvalue weighted by Gasteiger charge is -1.68. The smallest absolute Gasteiger partial charge is 0.259 e. The molecule has 0 unspecified atom stereocenters. The van der Waals surface area contributed by atoms with Crippen molar-refractivity contribution in [2.24, 2.45) is 5.73 Å². The Morgan fingerprint density at radius 3 is 2.50 bits per heavy atom. The van der Waals surface area contributed by atoms with Crippen molar-refractivity contribution in [2.45, 2.75) is 0 Å². The van der Waals surface area contributed by atoms with Gasteiger partial charge < -0.3 is 5.73 Å². The van der Waals surface area contributed by atoms with Crippen LogP contribution in [0.5, 0.6) is 0 Å². The molecule has 0 aliphatic rings. The van der Waals surface area contributed by atoms with Crippen LogP contribution in [0, 0.1) is 16.3 Å². The zero-order valence-corrected chi connectivity index (χ0v) is 2.92. The molecule has 0 fully saturated rings. The highest BCUT2D eigenvalue weighted by Crippen LogP contribution is 1.61. The monoisotopic (exact) mass is 87.0 g/mol. The molecule has 4 heteroatoms. The maximum Gasteiger partial charge on any atom is 0.259 e. The van der Waals surface area contributed by atoms with E-state index in [9.17, 15) is 10.1 Å². The Kier molecular flexibility index (Phi) is 1.81. The van der Waals surface area contributed by atoms with Gasteiger partial charge in [-0.1, -0.05) is 0 Å². The SMILES string of the molecule is N/[C]=C\[N+](=O)[O-]. The van der Waals surface area contributed by atoms with Crippen LogP contribution in [0.4, 0.5) is 0 Å². The summed E-state index contributed by atoms with van der Waals surface area (Å²) in [6.07, 6.45) is 2.28. The number of hydrogen-bond acceptors (Lipinski definition) is 3. The lowest BCUT2D eigenvalue weighted by atomic mass is 11.0. The van der Waals surface area contributed by atoms with E-state index in [2.05, 4.69) is 5.73 Å². The molecule has 0 aromatic heterocycles. The topological polar surface area (TPSA) is 69.2 Å². The number of hydrogen-bond donors (Lipinski definition) is 1. The summed E-state index contributed by atoms with van der Waals surface area (Å²) in [5.41, 5.74) is 4.48. The minimum atomic E-state index is -0.681. The predicted molar refractivity (Wildman–Crippen MR) is 19.0 cm³/mol. The van der Waals surface area contributed by atoms with Crippen LogP contribution in [0.1, 0.15) is 0 Å². The second kappa shape index (κ2) is 2.19. The maximum atomic E-state index is 9.21. The van der Waals surface area contributed by atoms with E-state index in [1.807, 2.05) is 0 Å². The summed E-state index contributed by atoms with van der Waals surface area (Å²) in [6.45, 7) is 0. The van der Waals surface area contributed by atoms with E-state index in [0.29, 0.717) is 6.20 Å². The maximum absolute atomic E-state index is 9.21. The van der Waals surface area contributed by atoms with E-state index in [1.165, 1.54) is 0 Å². The van der Waals surface area contributed by atoms with Crippen LogP contribution in [0.3, 0.4) is 0 Å². The largest absolute Gasteiger partial charge is 0.392 e. The van der Waals surface area contributed by atoms with Gasteiger partial charge in [0.1, 0.15) is 6.20 Å². The summed E-state index contributed by atoms with van der Waals surface area (Å²) in [5.74, 6) is 0. The van der Waals surface area contributed by atoms with Gasteiger partial charge >= 0.3 is 0 Å². The zero-order valence-electron chi connectivity index (χ0n) is 2.92. The van der Waals surface area contributed by atoms with Gasteiger partial charge in [0.25, 0.3) is 6.20 Å². The molecule has 0 saturated carbocycles. The molecule has 0 bridgehead atoms. The molecule has 0 spiro atoms. The molecular weight excluding hydrogens is 84.0 g/mol. The summed E-state index contributed by atoms with van der Waals surface area (Å²) in [5, 5.41) is 9.21. The minimum absolute atomic E-state index is 0.542. The molecule has 0 aliphatic carbocycles. The molecule has 6 heavy (non-hydrogen) atoms. The highest BCUT2D eigenvalue weighted by molar-refractivity contribution is 4.49. The molecule has 0 saturated heterocycles. The molecule has 0 aromatic rings. The number of nitrogens with two attached hydrogens (primary N) is 1. The van der Waals surface area contributed by atoms with Gasteiger partial charge in [0, 0.05) is 0 Å². The highest BCUT2D eigenvalue weighted by Gasteiger charge is 1.75. The van der Waals surface area contributed by atoms with Crippen molar-refractivity contribution in [1.82, 2.24) is 0 Å². The van der Waals surface area contributed by atoms with Gasteiger partial charge in [-0.05, 0) is 0 Å². The van der Waals surface area contributed by atoms with Crippen LogP contribution >= 0.6 is 0 Å². The molecule has 0 amide bonds. The van der Waals surface area contributed by atoms with E-state index in [4.69, 9.17) is 0 Å².